The van der Waals surface area contributed by atoms with Gasteiger partial charge < -0.3 is 10.2 Å². The van der Waals surface area contributed by atoms with E-state index >= 15 is 8.78 Å². The summed E-state index contributed by atoms with van der Waals surface area (Å²) in [6.45, 7) is -5.45. The minimum Gasteiger partial charge on any atom is -0.346 e. The fourth-order valence-corrected chi connectivity index (χ4v) is 3.07. The van der Waals surface area contributed by atoms with Gasteiger partial charge in [-0.2, -0.15) is 8.78 Å². The van der Waals surface area contributed by atoms with E-state index in [-0.39, 0.29) is 12.8 Å². The molecule has 2 N–H and O–H groups in total. The van der Waals surface area contributed by atoms with Gasteiger partial charge in [0, 0.05) is 35.6 Å². The van der Waals surface area contributed by atoms with E-state index < -0.39 is 118 Å². The zero-order chi connectivity index (χ0) is 31.8. The Hall–Kier alpha value is -3.33. The number of carbonyl (C=O) groups is 4. The number of piperidine rings is 1. The van der Waals surface area contributed by atoms with Gasteiger partial charge in [-0.25, -0.2) is 0 Å². The Bertz CT molecular complexity index is 1580. The van der Waals surface area contributed by atoms with Crippen LogP contribution in [0.1, 0.15) is 53.6 Å². The lowest BCUT2D eigenvalue weighted by molar-refractivity contribution is -0.147. The molecule has 0 aliphatic carbocycles. The maximum absolute atomic E-state index is 15.2. The molecule has 0 radical (unpaired) electrons. The van der Waals surface area contributed by atoms with Gasteiger partial charge in [0.25, 0.3) is 11.8 Å². The molecule has 4 amide bonds. The van der Waals surface area contributed by atoms with Gasteiger partial charge in [0.05, 0.1) is 13.7 Å². The zero-order valence-corrected chi connectivity index (χ0v) is 16.5. The predicted octanol–water partition coefficient (Wildman–Crippen LogP) is 2.51. The fourth-order valence-electron chi connectivity index (χ4n) is 2.97. The number of imide groups is 1. The van der Waals surface area contributed by atoms with Crippen molar-refractivity contribution in [2.75, 3.05) is 0 Å². The number of amides is 4. The van der Waals surface area contributed by atoms with Crippen LogP contribution in [0.5, 0.6) is 0 Å². The van der Waals surface area contributed by atoms with Gasteiger partial charge in [0.1, 0.15) is 6.04 Å². The van der Waals surface area contributed by atoms with Crippen LogP contribution >= 0.6 is 11.6 Å². The Morgan fingerprint density at radius 2 is 2.00 bits per heavy atom. The Morgan fingerprint density at radius 1 is 1.28 bits per heavy atom. The minimum atomic E-state index is -4.80. The average Bonchev–Trinajstić information content (AvgIpc) is 3.10. The Labute approximate surface area is 200 Å². The van der Waals surface area contributed by atoms with Crippen molar-refractivity contribution in [2.24, 2.45) is 0 Å². The minimum absolute atomic E-state index is 0.255. The summed E-state index contributed by atoms with van der Waals surface area (Å²) in [7, 11) is 0. The first-order valence-electron chi connectivity index (χ1n) is 14.0. The van der Waals surface area contributed by atoms with Crippen molar-refractivity contribution >= 4 is 35.2 Å². The number of nitrogens with one attached hydrogen (secondary N) is 2. The summed E-state index contributed by atoms with van der Waals surface area (Å²) >= 11 is 5.61. The quantitative estimate of drug-likeness (QED) is 0.655. The third kappa shape index (κ3) is 4.08. The second-order valence-electron chi connectivity index (χ2n) is 6.67. The van der Waals surface area contributed by atoms with Crippen molar-refractivity contribution in [1.29, 1.82) is 0 Å². The van der Waals surface area contributed by atoms with E-state index in [9.17, 15) is 19.2 Å². The van der Waals surface area contributed by atoms with Gasteiger partial charge in [-0.05, 0) is 35.7 Å². The molecule has 4 rings (SSSR count). The molecule has 7 nitrogen and oxygen atoms in total. The Morgan fingerprint density at radius 3 is 2.69 bits per heavy atom. The van der Waals surface area contributed by atoms with Gasteiger partial charge in [-0.1, -0.05) is 35.8 Å². The smallest absolute Gasteiger partial charge is 0.346 e. The molecule has 2 unspecified atom stereocenters. The topological polar surface area (TPSA) is 95.6 Å². The lowest BCUT2D eigenvalue weighted by Gasteiger charge is -2.29. The molecule has 0 saturated carbocycles. The lowest BCUT2D eigenvalue weighted by atomic mass is 10.0. The van der Waals surface area contributed by atoms with E-state index in [4.69, 9.17) is 25.3 Å². The summed E-state index contributed by atoms with van der Waals surface area (Å²) in [5.74, 6) is -10.1. The first-order valence-corrected chi connectivity index (χ1v) is 9.34. The van der Waals surface area contributed by atoms with Crippen LogP contribution in [0, 0.1) is 0 Å². The molecule has 0 bridgehead atoms. The van der Waals surface area contributed by atoms with Crippen LogP contribution in [0.25, 0.3) is 0 Å². The van der Waals surface area contributed by atoms with Gasteiger partial charge in [0.15, 0.2) is 0 Å². The summed E-state index contributed by atoms with van der Waals surface area (Å²) in [4.78, 5) is 50.1. The van der Waals surface area contributed by atoms with Crippen LogP contribution in [0.4, 0.5) is 8.78 Å². The summed E-state index contributed by atoms with van der Waals surface area (Å²) in [5.41, 5.74) is -4.28. The predicted molar refractivity (Wildman–Crippen MR) is 110 cm³/mol. The highest BCUT2D eigenvalue weighted by Crippen LogP contribution is 2.30. The highest BCUT2D eigenvalue weighted by molar-refractivity contribution is 6.30. The molecule has 2 heterocycles. The van der Waals surface area contributed by atoms with Gasteiger partial charge in [-0.15, -0.1) is 0 Å². The van der Waals surface area contributed by atoms with Crippen LogP contribution in [-0.2, 0) is 33.3 Å². The number of carbonyl (C=O) groups excluding carboxylic acids is 4. The molecule has 2 atom stereocenters. The maximum atomic E-state index is 15.2. The van der Waals surface area contributed by atoms with Crippen LogP contribution in [-0.4, -0.2) is 34.6 Å². The highest BCUT2D eigenvalue weighted by Gasteiger charge is 2.41. The number of hydrogen-bond donors (Lipinski definition) is 2. The van der Waals surface area contributed by atoms with Crippen LogP contribution < -0.4 is 10.6 Å². The third-order valence-electron chi connectivity index (χ3n) is 4.56. The molecule has 0 spiro atoms. The van der Waals surface area contributed by atoms with E-state index in [1.807, 2.05) is 5.32 Å². The van der Waals surface area contributed by atoms with E-state index in [2.05, 4.69) is 0 Å². The molecule has 10 heteroatoms. The molecular formula is C22H18ClF2N3O4. The van der Waals surface area contributed by atoms with Gasteiger partial charge in [-0.3, -0.25) is 24.5 Å². The molecule has 2 aliphatic rings. The normalized spacial score (nSPS) is 25.4. The number of benzene rings is 2. The van der Waals surface area contributed by atoms with Crippen LogP contribution in [0.3, 0.4) is 0 Å². The molecule has 166 valence electrons. The van der Waals surface area contributed by atoms with Crippen LogP contribution in [0.2, 0.25) is 5.02 Å². The fraction of sp³-hybridized carbons (Fsp3) is 0.273. The largest absolute Gasteiger partial charge is 0.349 e. The Kier molecular flexibility index (Phi) is 3.28. The molecule has 1 saturated heterocycles. The van der Waals surface area contributed by atoms with Crippen molar-refractivity contribution in [3.05, 3.63) is 69.6 Å². The lowest BCUT2D eigenvalue weighted by Crippen LogP contribution is -2.52. The molecule has 0 aromatic heterocycles. The number of hydrogen-bond acceptors (Lipinski definition) is 4. The molecule has 2 aliphatic heterocycles. The van der Waals surface area contributed by atoms with Crippen molar-refractivity contribution in [3.63, 3.8) is 0 Å². The molecule has 2 aromatic carbocycles. The van der Waals surface area contributed by atoms with Crippen molar-refractivity contribution < 1.29 is 41.7 Å². The molecule has 32 heavy (non-hydrogen) atoms. The maximum Gasteiger partial charge on any atom is 0.349 e. The second-order valence-corrected chi connectivity index (χ2v) is 7.05. The number of rotatable bonds is 5. The second kappa shape index (κ2) is 8.31. The number of nitrogens with zero attached hydrogens (tertiary/aromatic N) is 1. The number of fused-ring (bicyclic) bond motifs is 1. The monoisotopic (exact) mass is 471 g/mol. The molecule has 2 aromatic rings. The first kappa shape index (κ1) is 12.6. The van der Waals surface area contributed by atoms with E-state index in [1.165, 1.54) is 5.32 Å². The Balaban J connectivity index is 1.76. The molecule has 1 fully saturated rings. The third-order valence-corrected chi connectivity index (χ3v) is 4.75. The van der Waals surface area contributed by atoms with E-state index in [0.29, 0.717) is 4.90 Å². The summed E-state index contributed by atoms with van der Waals surface area (Å²) in [5, 5.41) is 2.65. The summed E-state index contributed by atoms with van der Waals surface area (Å²) in [6, 6.07) is -9.49. The summed E-state index contributed by atoms with van der Waals surface area (Å²) < 4.78 is 111. The molecular weight excluding hydrogens is 444 g/mol. The number of alkyl halides is 2. The standard InChI is InChI=1S/C22H18ClF2N3O4/c23-15-4-2-14(3-5-15)22(24,25)21(32)26-10-12-1-6-16-13(9-12)11-28(20(16)31)17-7-8-18(29)27-19(17)30/h1-6,9,17H,7-8,10-11H2,(H,26,32)(H,27,29,30)/i1D,2D,3D,4D,5D,6D,9D,10D,11D2. The van der Waals surface area contributed by atoms with E-state index in [1.54, 1.807) is 0 Å². The highest BCUT2D eigenvalue weighted by atomic mass is 35.5. The summed E-state index contributed by atoms with van der Waals surface area (Å²) in [6.07, 6.45) is -0.548. The zero-order valence-electron chi connectivity index (χ0n) is 25.8. The number of halogens is 3. The van der Waals surface area contributed by atoms with E-state index in [0.717, 1.165) is 0 Å². The first-order chi connectivity index (χ1) is 19.3. The average molecular weight is 472 g/mol. The van der Waals surface area contributed by atoms with Gasteiger partial charge in [0.2, 0.25) is 11.8 Å². The van der Waals surface area contributed by atoms with Crippen LogP contribution in [0.15, 0.2) is 42.3 Å². The van der Waals surface area contributed by atoms with Crippen molar-refractivity contribution in [2.45, 2.75) is 37.8 Å². The van der Waals surface area contributed by atoms with Crippen molar-refractivity contribution in [1.82, 2.24) is 15.5 Å². The van der Waals surface area contributed by atoms with Crippen molar-refractivity contribution in [3.8, 4) is 0 Å². The van der Waals surface area contributed by atoms with Gasteiger partial charge >= 0.3 is 5.92 Å². The SMILES string of the molecule is [2H]c1c([2H])c(C(F)(F)C(=O)NC([2H])c2c([2H])c([2H])c3c(c2[2H])C([2H])([2H])N(C2CCC(=O)NC2=O)C3=O)c([2H])c([2H])c1Cl.